The molecule has 3 aromatic rings. The minimum Gasteiger partial charge on any atom is -0.335 e. The maximum Gasteiger partial charge on any atom is 0.265 e. The number of piperazine rings is 1. The van der Waals surface area contributed by atoms with E-state index in [1.807, 2.05) is 47.4 Å². The number of thiophene rings is 1. The summed E-state index contributed by atoms with van der Waals surface area (Å²) in [6.07, 6.45) is 0. The highest BCUT2D eigenvalue weighted by Gasteiger charge is 2.26. The number of rotatable bonds is 3. The highest BCUT2D eigenvalue weighted by Crippen LogP contribution is 2.36. The number of halogens is 2. The second-order valence-corrected chi connectivity index (χ2v) is 8.31. The van der Waals surface area contributed by atoms with Crippen LogP contribution in [0.3, 0.4) is 0 Å². The summed E-state index contributed by atoms with van der Waals surface area (Å²) in [6, 6.07) is 15.8. The molecule has 0 spiro atoms. The van der Waals surface area contributed by atoms with Crippen molar-refractivity contribution in [2.45, 2.75) is 6.54 Å². The van der Waals surface area contributed by atoms with Crippen molar-refractivity contribution in [3.63, 3.8) is 0 Å². The number of fused-ring (bicyclic) bond motifs is 1. The third-order valence-electron chi connectivity index (χ3n) is 4.68. The van der Waals surface area contributed by atoms with E-state index >= 15 is 0 Å². The normalized spacial score (nSPS) is 15.5. The van der Waals surface area contributed by atoms with Crippen molar-refractivity contribution in [1.29, 1.82) is 0 Å². The zero-order valence-corrected chi connectivity index (χ0v) is 16.4. The molecule has 1 amide bonds. The van der Waals surface area contributed by atoms with Crippen molar-refractivity contribution >= 4 is 50.5 Å². The molecular formula is C20H18Cl2N2OS. The monoisotopic (exact) mass is 404 g/mol. The molecule has 0 aliphatic carbocycles. The van der Waals surface area contributed by atoms with Gasteiger partial charge in [0, 0.05) is 47.8 Å². The van der Waals surface area contributed by atoms with Gasteiger partial charge < -0.3 is 4.90 Å². The molecule has 0 saturated carbocycles. The highest BCUT2D eigenvalue weighted by molar-refractivity contribution is 7.21. The van der Waals surface area contributed by atoms with Gasteiger partial charge >= 0.3 is 0 Å². The average molecular weight is 405 g/mol. The van der Waals surface area contributed by atoms with Crippen LogP contribution in [0.5, 0.6) is 0 Å². The first-order valence-electron chi connectivity index (χ1n) is 8.55. The van der Waals surface area contributed by atoms with Crippen molar-refractivity contribution in [3.8, 4) is 0 Å². The van der Waals surface area contributed by atoms with Crippen LogP contribution in [0.1, 0.15) is 15.2 Å². The molecule has 0 N–H and O–H groups in total. The molecule has 1 aliphatic heterocycles. The second-order valence-electron chi connectivity index (χ2n) is 6.44. The van der Waals surface area contributed by atoms with Crippen LogP contribution in [0.15, 0.2) is 48.5 Å². The van der Waals surface area contributed by atoms with Crippen LogP contribution in [0.25, 0.3) is 10.1 Å². The maximum atomic E-state index is 12.9. The zero-order chi connectivity index (χ0) is 18.1. The van der Waals surface area contributed by atoms with Crippen LogP contribution in [0, 0.1) is 0 Å². The highest BCUT2D eigenvalue weighted by atomic mass is 35.5. The zero-order valence-electron chi connectivity index (χ0n) is 14.1. The number of carbonyl (C=O) groups is 1. The van der Waals surface area contributed by atoms with Gasteiger partial charge in [-0.15, -0.1) is 11.3 Å². The van der Waals surface area contributed by atoms with Gasteiger partial charge in [-0.1, -0.05) is 53.5 Å². The topological polar surface area (TPSA) is 23.6 Å². The Kier molecular flexibility index (Phi) is 5.18. The van der Waals surface area contributed by atoms with Crippen LogP contribution in [-0.4, -0.2) is 41.9 Å². The Bertz CT molecular complexity index is 948. The maximum absolute atomic E-state index is 12.9. The number of carbonyl (C=O) groups excluding carboxylic acids is 1. The van der Waals surface area contributed by atoms with Crippen LogP contribution in [0.4, 0.5) is 0 Å². The SMILES string of the molecule is O=C(c1sc2ccccc2c1Cl)N1CCN(Cc2cccc(Cl)c2)CC1. The van der Waals surface area contributed by atoms with Gasteiger partial charge in [0.25, 0.3) is 5.91 Å². The van der Waals surface area contributed by atoms with Crippen LogP contribution < -0.4 is 0 Å². The molecule has 0 radical (unpaired) electrons. The first-order chi connectivity index (χ1) is 12.6. The van der Waals surface area contributed by atoms with Gasteiger partial charge in [0.05, 0.1) is 5.02 Å². The first-order valence-corrected chi connectivity index (χ1v) is 10.1. The van der Waals surface area contributed by atoms with Gasteiger partial charge in [-0.05, 0) is 23.8 Å². The summed E-state index contributed by atoms with van der Waals surface area (Å²) in [5.41, 5.74) is 1.20. The van der Waals surface area contributed by atoms with E-state index in [1.54, 1.807) is 0 Å². The van der Waals surface area contributed by atoms with E-state index in [9.17, 15) is 4.79 Å². The summed E-state index contributed by atoms with van der Waals surface area (Å²) in [7, 11) is 0. The molecule has 2 aromatic carbocycles. The Morgan fingerprint density at radius 3 is 2.50 bits per heavy atom. The number of nitrogens with zero attached hydrogens (tertiary/aromatic N) is 2. The molecule has 1 aromatic heterocycles. The van der Waals surface area contributed by atoms with Gasteiger partial charge in [-0.2, -0.15) is 0 Å². The van der Waals surface area contributed by atoms with E-state index < -0.39 is 0 Å². The fourth-order valence-corrected chi connectivity index (χ4v) is 4.99. The van der Waals surface area contributed by atoms with Gasteiger partial charge in [0.2, 0.25) is 0 Å². The fraction of sp³-hybridized carbons (Fsp3) is 0.250. The Labute approximate surface area is 166 Å². The van der Waals surface area contributed by atoms with E-state index in [4.69, 9.17) is 23.2 Å². The van der Waals surface area contributed by atoms with E-state index in [2.05, 4.69) is 11.0 Å². The largest absolute Gasteiger partial charge is 0.335 e. The minimum absolute atomic E-state index is 0.0404. The molecule has 3 nitrogen and oxygen atoms in total. The average Bonchev–Trinajstić information content (AvgIpc) is 2.99. The molecule has 1 aliphatic rings. The molecule has 0 atom stereocenters. The number of amides is 1. The van der Waals surface area contributed by atoms with E-state index in [1.165, 1.54) is 16.9 Å². The Balaban J connectivity index is 1.42. The summed E-state index contributed by atoms with van der Waals surface area (Å²) in [5, 5.41) is 2.30. The summed E-state index contributed by atoms with van der Waals surface area (Å²) in [4.78, 5) is 17.8. The molecule has 134 valence electrons. The lowest BCUT2D eigenvalue weighted by molar-refractivity contribution is 0.0633. The van der Waals surface area contributed by atoms with Crippen molar-refractivity contribution in [1.82, 2.24) is 9.80 Å². The quantitative estimate of drug-likeness (QED) is 0.601. The van der Waals surface area contributed by atoms with Gasteiger partial charge in [0.15, 0.2) is 0 Å². The Morgan fingerprint density at radius 1 is 1.00 bits per heavy atom. The predicted molar refractivity (Wildman–Crippen MR) is 109 cm³/mol. The summed E-state index contributed by atoms with van der Waals surface area (Å²) in [5.74, 6) is 0.0404. The molecule has 1 fully saturated rings. The number of hydrogen-bond donors (Lipinski definition) is 0. The predicted octanol–water partition coefficient (Wildman–Crippen LogP) is 5.17. The molecular weight excluding hydrogens is 387 g/mol. The molecule has 0 unspecified atom stereocenters. The first kappa shape index (κ1) is 17.8. The second kappa shape index (κ2) is 7.57. The molecule has 0 bridgehead atoms. The summed E-state index contributed by atoms with van der Waals surface area (Å²) >= 11 is 14.0. The third kappa shape index (κ3) is 3.60. The lowest BCUT2D eigenvalue weighted by atomic mass is 10.2. The Hall–Kier alpha value is -1.59. The molecule has 4 rings (SSSR count). The van der Waals surface area contributed by atoms with Gasteiger partial charge in [-0.25, -0.2) is 0 Å². The molecule has 2 heterocycles. The van der Waals surface area contributed by atoms with E-state index in [0.29, 0.717) is 23.0 Å². The minimum atomic E-state index is 0.0404. The standard InChI is InChI=1S/C20H18Cl2N2OS/c21-15-5-3-4-14(12-15)13-23-8-10-24(11-9-23)20(25)19-18(22)16-6-1-2-7-17(16)26-19/h1-7,12H,8-11,13H2. The van der Waals surface area contributed by atoms with Crippen LogP contribution in [0.2, 0.25) is 10.0 Å². The van der Waals surface area contributed by atoms with Crippen LogP contribution in [-0.2, 0) is 6.54 Å². The third-order valence-corrected chi connectivity index (χ3v) is 6.58. The Morgan fingerprint density at radius 2 is 1.77 bits per heavy atom. The van der Waals surface area contributed by atoms with Gasteiger partial charge in [-0.3, -0.25) is 9.69 Å². The molecule has 1 saturated heterocycles. The van der Waals surface area contributed by atoms with Crippen molar-refractivity contribution < 1.29 is 4.79 Å². The molecule has 6 heteroatoms. The summed E-state index contributed by atoms with van der Waals surface area (Å²) in [6.45, 7) is 3.97. The number of hydrogen-bond acceptors (Lipinski definition) is 3. The lowest BCUT2D eigenvalue weighted by Crippen LogP contribution is -2.48. The van der Waals surface area contributed by atoms with E-state index in [-0.39, 0.29) is 5.91 Å². The van der Waals surface area contributed by atoms with Crippen molar-refractivity contribution in [3.05, 3.63) is 69.0 Å². The van der Waals surface area contributed by atoms with Crippen LogP contribution >= 0.6 is 34.5 Å². The summed E-state index contributed by atoms with van der Waals surface area (Å²) < 4.78 is 1.06. The number of benzene rings is 2. The van der Waals surface area contributed by atoms with Gasteiger partial charge in [0.1, 0.15) is 4.88 Å². The van der Waals surface area contributed by atoms with Crippen molar-refractivity contribution in [2.75, 3.05) is 26.2 Å². The molecule has 26 heavy (non-hydrogen) atoms. The van der Waals surface area contributed by atoms with Crippen molar-refractivity contribution in [2.24, 2.45) is 0 Å². The fourth-order valence-electron chi connectivity index (χ4n) is 3.30. The lowest BCUT2D eigenvalue weighted by Gasteiger charge is -2.34. The smallest absolute Gasteiger partial charge is 0.265 e. The van der Waals surface area contributed by atoms with E-state index in [0.717, 1.165) is 34.7 Å².